The van der Waals surface area contributed by atoms with Gasteiger partial charge in [-0.2, -0.15) is 26.3 Å². The summed E-state index contributed by atoms with van der Waals surface area (Å²) in [4.78, 5) is 32.2. The molecule has 38 heavy (non-hydrogen) atoms. The molecule has 2 aromatic rings. The molecule has 0 bridgehead atoms. The van der Waals surface area contributed by atoms with E-state index >= 15 is 0 Å². The number of carboxylic acid groups (broad SMARTS) is 2. The normalized spacial score (nSPS) is 17.9. The summed E-state index contributed by atoms with van der Waals surface area (Å²) in [6.45, 7) is 3.21. The van der Waals surface area contributed by atoms with Gasteiger partial charge in [0.2, 0.25) is 5.95 Å². The quantitative estimate of drug-likeness (QED) is 0.469. The van der Waals surface area contributed by atoms with Gasteiger partial charge in [-0.3, -0.25) is 0 Å². The molecule has 0 saturated carbocycles. The third kappa shape index (κ3) is 8.97. The molecule has 2 aliphatic heterocycles. The number of ether oxygens (including phenoxy) is 1. The van der Waals surface area contributed by atoms with E-state index in [0.717, 1.165) is 44.9 Å². The molecule has 1 atom stereocenters. The van der Waals surface area contributed by atoms with Crippen LogP contribution in [-0.2, 0) is 14.3 Å². The van der Waals surface area contributed by atoms with E-state index in [0.29, 0.717) is 11.9 Å². The van der Waals surface area contributed by atoms with Gasteiger partial charge in [-0.25, -0.2) is 28.9 Å². The molecule has 4 heterocycles. The highest BCUT2D eigenvalue weighted by Gasteiger charge is 2.53. The van der Waals surface area contributed by atoms with Crippen molar-refractivity contribution < 1.29 is 55.3 Å². The second-order valence-electron chi connectivity index (χ2n) is 7.99. The first kappa shape index (κ1) is 30.5. The number of carboxylic acids is 2. The van der Waals surface area contributed by atoms with Gasteiger partial charge < -0.3 is 25.2 Å². The van der Waals surface area contributed by atoms with Crippen LogP contribution < -0.4 is 10.2 Å². The van der Waals surface area contributed by atoms with Crippen LogP contribution in [0.1, 0.15) is 12.8 Å². The van der Waals surface area contributed by atoms with Crippen molar-refractivity contribution in [2.75, 3.05) is 36.5 Å². The smallest absolute Gasteiger partial charge is 0.475 e. The predicted octanol–water partition coefficient (Wildman–Crippen LogP) is 3.37. The maximum atomic E-state index is 12.9. The van der Waals surface area contributed by atoms with Gasteiger partial charge >= 0.3 is 24.3 Å². The van der Waals surface area contributed by atoms with Gasteiger partial charge in [0.15, 0.2) is 5.82 Å². The fourth-order valence-electron chi connectivity index (χ4n) is 3.59. The van der Waals surface area contributed by atoms with Crippen molar-refractivity contribution in [3.8, 4) is 0 Å². The van der Waals surface area contributed by atoms with Crippen LogP contribution in [0.5, 0.6) is 0 Å². The molecule has 0 amide bonds. The van der Waals surface area contributed by atoms with Gasteiger partial charge in [0.05, 0.1) is 25.5 Å². The highest BCUT2D eigenvalue weighted by Crippen LogP contribution is 2.42. The van der Waals surface area contributed by atoms with E-state index < -0.39 is 30.1 Å². The van der Waals surface area contributed by atoms with Crippen LogP contribution >= 0.6 is 0 Å². The van der Waals surface area contributed by atoms with E-state index in [-0.39, 0.29) is 5.60 Å². The Hall–Kier alpha value is -3.76. The number of rotatable bonds is 5. The Morgan fingerprint density at radius 1 is 1.03 bits per heavy atom. The fraction of sp³-hybridized carbons (Fsp3) is 0.476. The third-order valence-corrected chi connectivity index (χ3v) is 5.36. The molecule has 10 nitrogen and oxygen atoms in total. The second kappa shape index (κ2) is 12.7. The van der Waals surface area contributed by atoms with Crippen molar-refractivity contribution >= 4 is 23.7 Å². The Kier molecular flexibility index (Phi) is 10.1. The number of hydrogen-bond donors (Lipinski definition) is 3. The lowest BCUT2D eigenvalue weighted by Crippen LogP contribution is -2.65. The van der Waals surface area contributed by atoms with E-state index in [1.807, 2.05) is 23.1 Å². The monoisotopic (exact) mass is 557 g/mol. The van der Waals surface area contributed by atoms with Crippen molar-refractivity contribution in [3.63, 3.8) is 0 Å². The van der Waals surface area contributed by atoms with Gasteiger partial charge in [-0.1, -0.05) is 6.07 Å². The zero-order valence-electron chi connectivity index (χ0n) is 19.3. The van der Waals surface area contributed by atoms with Crippen molar-refractivity contribution in [1.29, 1.82) is 0 Å². The highest BCUT2D eigenvalue weighted by molar-refractivity contribution is 5.73. The molecule has 4 rings (SSSR count). The molecular formula is C21H22F7N5O5. The standard InChI is InChI=1S/C17H20FN5O.2C2HF3O2/c18-14-9-21-16(22-10-14)23-11-17(12-23)13(5-8-24-17)4-7-20-15-3-1-2-6-19-15;2*3-2(4,5)1(6)7/h1-3,6,9-10,13H,4-5,7-8,11-12H2,(H,19,20);2*(H,6,7). The molecule has 1 unspecified atom stereocenters. The molecule has 210 valence electrons. The molecule has 1 spiro atoms. The van der Waals surface area contributed by atoms with E-state index in [2.05, 4.69) is 20.3 Å². The topological polar surface area (TPSA) is 138 Å². The van der Waals surface area contributed by atoms with E-state index in [1.165, 1.54) is 12.4 Å². The minimum atomic E-state index is -5.08. The molecule has 17 heteroatoms. The largest absolute Gasteiger partial charge is 0.490 e. The Morgan fingerprint density at radius 2 is 1.58 bits per heavy atom. The fourth-order valence-corrected chi connectivity index (χ4v) is 3.59. The number of pyridine rings is 1. The predicted molar refractivity (Wildman–Crippen MR) is 116 cm³/mol. The number of nitrogens with one attached hydrogen (secondary N) is 1. The van der Waals surface area contributed by atoms with Gasteiger partial charge in [0.25, 0.3) is 0 Å². The van der Waals surface area contributed by atoms with Crippen molar-refractivity contribution in [3.05, 3.63) is 42.6 Å². The zero-order chi connectivity index (χ0) is 28.6. The van der Waals surface area contributed by atoms with Gasteiger partial charge in [0, 0.05) is 19.3 Å². The summed E-state index contributed by atoms with van der Waals surface area (Å²) in [5, 5.41) is 17.6. The van der Waals surface area contributed by atoms with E-state index in [9.17, 15) is 30.7 Å². The number of alkyl halides is 6. The second-order valence-corrected chi connectivity index (χ2v) is 7.99. The summed E-state index contributed by atoms with van der Waals surface area (Å²) in [7, 11) is 0. The van der Waals surface area contributed by atoms with Crippen LogP contribution in [0.3, 0.4) is 0 Å². The van der Waals surface area contributed by atoms with Crippen LogP contribution in [0.15, 0.2) is 36.8 Å². The number of aromatic nitrogens is 3. The van der Waals surface area contributed by atoms with Gasteiger partial charge in [0.1, 0.15) is 11.4 Å². The first-order valence-electron chi connectivity index (χ1n) is 10.8. The maximum absolute atomic E-state index is 12.9. The number of hydrogen-bond acceptors (Lipinski definition) is 8. The average molecular weight is 557 g/mol. The van der Waals surface area contributed by atoms with Crippen LogP contribution in [0.25, 0.3) is 0 Å². The molecular weight excluding hydrogens is 535 g/mol. The summed E-state index contributed by atoms with van der Waals surface area (Å²) in [5.41, 5.74) is -0.108. The highest BCUT2D eigenvalue weighted by atomic mass is 19.4. The Balaban J connectivity index is 0.000000301. The summed E-state index contributed by atoms with van der Waals surface area (Å²) in [6, 6.07) is 5.85. The molecule has 2 aromatic heterocycles. The van der Waals surface area contributed by atoms with Crippen molar-refractivity contribution in [2.24, 2.45) is 5.92 Å². The summed E-state index contributed by atoms with van der Waals surface area (Å²) < 4.78 is 82.5. The molecule has 2 saturated heterocycles. The Morgan fingerprint density at radius 3 is 2.05 bits per heavy atom. The molecule has 3 N–H and O–H groups in total. The van der Waals surface area contributed by atoms with E-state index in [1.54, 1.807) is 6.20 Å². The lowest BCUT2D eigenvalue weighted by atomic mass is 9.79. The minimum absolute atomic E-state index is 0.108. The lowest BCUT2D eigenvalue weighted by Gasteiger charge is -2.50. The number of anilines is 2. The van der Waals surface area contributed by atoms with Gasteiger partial charge in [-0.05, 0) is 30.9 Å². The molecule has 2 aliphatic rings. The summed E-state index contributed by atoms with van der Waals surface area (Å²) >= 11 is 0. The lowest BCUT2D eigenvalue weighted by molar-refractivity contribution is -0.193. The number of halogens is 7. The Bertz CT molecular complexity index is 1030. The Labute approximate surface area is 210 Å². The van der Waals surface area contributed by atoms with Crippen LogP contribution in [-0.4, -0.2) is 81.3 Å². The van der Waals surface area contributed by atoms with E-state index in [4.69, 9.17) is 24.5 Å². The zero-order valence-corrected chi connectivity index (χ0v) is 19.3. The van der Waals surface area contributed by atoms with Crippen LogP contribution in [0.4, 0.5) is 42.5 Å². The number of carbonyl (C=O) groups is 2. The average Bonchev–Trinajstić information content (AvgIpc) is 3.23. The molecule has 2 fully saturated rings. The first-order chi connectivity index (χ1) is 17.6. The molecule has 0 radical (unpaired) electrons. The molecule has 0 aromatic carbocycles. The van der Waals surface area contributed by atoms with Gasteiger partial charge in [-0.15, -0.1) is 0 Å². The first-order valence-corrected chi connectivity index (χ1v) is 10.8. The summed E-state index contributed by atoms with van der Waals surface area (Å²) in [5.74, 6) is -3.95. The molecule has 0 aliphatic carbocycles. The van der Waals surface area contributed by atoms with Crippen LogP contribution in [0.2, 0.25) is 0 Å². The third-order valence-electron chi connectivity index (χ3n) is 5.36. The minimum Gasteiger partial charge on any atom is -0.475 e. The summed E-state index contributed by atoms with van der Waals surface area (Å²) in [6.07, 6.45) is -3.86. The SMILES string of the molecule is Fc1cnc(N2CC3(C2)OCCC3CCNc2ccccn2)nc1.O=C(O)C(F)(F)F.O=C(O)C(F)(F)F. The maximum Gasteiger partial charge on any atom is 0.490 e. The number of nitrogens with zero attached hydrogens (tertiary/aromatic N) is 4. The van der Waals surface area contributed by atoms with Crippen molar-refractivity contribution in [2.45, 2.75) is 30.8 Å². The van der Waals surface area contributed by atoms with Crippen LogP contribution in [0, 0.1) is 11.7 Å². The van der Waals surface area contributed by atoms with Crippen molar-refractivity contribution in [1.82, 2.24) is 15.0 Å². The number of aliphatic carboxylic acids is 2.